The van der Waals surface area contributed by atoms with Crippen LogP contribution in [0.3, 0.4) is 0 Å². The fourth-order valence-electron chi connectivity index (χ4n) is 3.24. The van der Waals surface area contributed by atoms with Crippen LogP contribution in [0, 0.1) is 11.6 Å². The third-order valence-electron chi connectivity index (χ3n) is 4.97. The monoisotopic (exact) mass is 470 g/mol. The van der Waals surface area contributed by atoms with Crippen LogP contribution in [0.25, 0.3) is 0 Å². The van der Waals surface area contributed by atoms with E-state index >= 15 is 0 Å². The molecule has 34 heavy (non-hydrogen) atoms. The van der Waals surface area contributed by atoms with Gasteiger partial charge in [0.15, 0.2) is 0 Å². The molecule has 0 aliphatic heterocycles. The molecule has 0 saturated heterocycles. The Labute approximate surface area is 195 Å². The van der Waals surface area contributed by atoms with Gasteiger partial charge in [-0.05, 0) is 60.9 Å². The molecular weight excluding hydrogens is 446 g/mol. The van der Waals surface area contributed by atoms with Crippen LogP contribution in [0.2, 0.25) is 0 Å². The van der Waals surface area contributed by atoms with Gasteiger partial charge in [0.1, 0.15) is 23.2 Å². The normalized spacial score (nSPS) is 10.7. The lowest BCUT2D eigenvalue weighted by Gasteiger charge is -2.12. The van der Waals surface area contributed by atoms with Crippen molar-refractivity contribution < 1.29 is 33.0 Å². The summed E-state index contributed by atoms with van der Waals surface area (Å²) in [4.78, 5) is 27.7. The minimum atomic E-state index is -1.13. The molecule has 0 aliphatic carbocycles. The number of amides is 1. The number of aryl methyl sites for hydroxylation is 1. The summed E-state index contributed by atoms with van der Waals surface area (Å²) in [6, 6.07) is 11.3. The van der Waals surface area contributed by atoms with Crippen LogP contribution in [0.1, 0.15) is 38.3 Å². The van der Waals surface area contributed by atoms with Crippen molar-refractivity contribution >= 4 is 17.7 Å². The zero-order chi connectivity index (χ0) is 24.5. The van der Waals surface area contributed by atoms with E-state index in [4.69, 9.17) is 14.6 Å². The van der Waals surface area contributed by atoms with Crippen LogP contribution in [-0.4, -0.2) is 42.3 Å². The van der Waals surface area contributed by atoms with Gasteiger partial charge in [0.2, 0.25) is 0 Å². The van der Waals surface area contributed by atoms with Crippen molar-refractivity contribution in [3.8, 4) is 5.75 Å². The first kappa shape index (κ1) is 24.8. The lowest BCUT2D eigenvalue weighted by molar-refractivity contribution is 0.0696. The average Bonchev–Trinajstić information content (AvgIpc) is 2.82. The van der Waals surface area contributed by atoms with E-state index in [9.17, 15) is 18.4 Å². The number of carbonyl (C=O) groups is 2. The smallest absolute Gasteiger partial charge is 0.337 e. The van der Waals surface area contributed by atoms with Crippen molar-refractivity contribution in [2.75, 3.05) is 25.6 Å². The summed E-state index contributed by atoms with van der Waals surface area (Å²) >= 11 is 0. The predicted octanol–water partition coefficient (Wildman–Crippen LogP) is 4.51. The van der Waals surface area contributed by atoms with E-state index in [1.54, 1.807) is 25.3 Å². The maximum atomic E-state index is 14.0. The first-order valence-corrected chi connectivity index (χ1v) is 10.6. The van der Waals surface area contributed by atoms with E-state index < -0.39 is 23.5 Å². The number of nitrogens with zero attached hydrogens (tertiary/aromatic N) is 1. The highest BCUT2D eigenvalue weighted by atomic mass is 19.1. The molecule has 1 heterocycles. The number of hydrogen-bond donors (Lipinski definition) is 2. The number of carboxylic acid groups (broad SMARTS) is 1. The van der Waals surface area contributed by atoms with Crippen molar-refractivity contribution in [1.29, 1.82) is 0 Å². The minimum absolute atomic E-state index is 0.00730. The van der Waals surface area contributed by atoms with Crippen LogP contribution in [0.4, 0.5) is 14.6 Å². The number of halogens is 2. The number of methoxy groups -OCH3 is 1. The molecule has 0 spiro atoms. The molecule has 0 unspecified atom stereocenters. The molecule has 0 saturated carbocycles. The van der Waals surface area contributed by atoms with Gasteiger partial charge in [0, 0.05) is 37.5 Å². The molecular formula is C25H24F2N2O5. The quantitative estimate of drug-likeness (QED) is 0.400. The second kappa shape index (κ2) is 11.9. The van der Waals surface area contributed by atoms with Crippen molar-refractivity contribution in [2.45, 2.75) is 19.3 Å². The lowest BCUT2D eigenvalue weighted by Crippen LogP contribution is -2.14. The molecule has 3 rings (SSSR count). The Morgan fingerprint density at radius 3 is 2.41 bits per heavy atom. The number of rotatable bonds is 11. The van der Waals surface area contributed by atoms with E-state index in [0.29, 0.717) is 30.9 Å². The summed E-state index contributed by atoms with van der Waals surface area (Å²) in [6.45, 7) is 0.871. The van der Waals surface area contributed by atoms with Gasteiger partial charge in [-0.3, -0.25) is 4.79 Å². The molecule has 1 amide bonds. The maximum Gasteiger partial charge on any atom is 0.337 e. The SMILES string of the molecule is COCCCOc1cc(CCc2c(F)cccc2F)cc(C(=O)Nc2ccc(C(=O)O)cn2)c1. The van der Waals surface area contributed by atoms with Crippen LogP contribution in [0.5, 0.6) is 5.75 Å². The van der Waals surface area contributed by atoms with Crippen molar-refractivity contribution in [2.24, 2.45) is 0 Å². The molecule has 0 atom stereocenters. The highest BCUT2D eigenvalue weighted by Gasteiger charge is 2.14. The van der Waals surface area contributed by atoms with E-state index in [-0.39, 0.29) is 35.3 Å². The largest absolute Gasteiger partial charge is 0.493 e. The number of carboxylic acids is 1. The molecule has 0 aliphatic rings. The van der Waals surface area contributed by atoms with Crippen LogP contribution in [-0.2, 0) is 17.6 Å². The predicted molar refractivity (Wildman–Crippen MR) is 121 cm³/mol. The minimum Gasteiger partial charge on any atom is -0.493 e. The molecule has 2 N–H and O–H groups in total. The van der Waals surface area contributed by atoms with Gasteiger partial charge in [-0.2, -0.15) is 0 Å². The highest BCUT2D eigenvalue weighted by Crippen LogP contribution is 2.22. The zero-order valence-corrected chi connectivity index (χ0v) is 18.5. The van der Waals surface area contributed by atoms with Crippen molar-refractivity contribution in [3.63, 3.8) is 0 Å². The number of pyridine rings is 1. The van der Waals surface area contributed by atoms with Gasteiger partial charge in [-0.15, -0.1) is 0 Å². The number of nitrogens with one attached hydrogen (secondary N) is 1. The summed E-state index contributed by atoms with van der Waals surface area (Å²) in [6.07, 6.45) is 2.16. The van der Waals surface area contributed by atoms with E-state index in [1.165, 1.54) is 30.3 Å². The van der Waals surface area contributed by atoms with Crippen LogP contribution < -0.4 is 10.1 Å². The Morgan fingerprint density at radius 2 is 1.76 bits per heavy atom. The molecule has 7 nitrogen and oxygen atoms in total. The molecule has 0 radical (unpaired) electrons. The number of aromatic carboxylic acids is 1. The fourth-order valence-corrected chi connectivity index (χ4v) is 3.24. The number of aromatic nitrogens is 1. The Balaban J connectivity index is 1.79. The molecule has 0 fully saturated rings. The average molecular weight is 470 g/mol. The molecule has 3 aromatic rings. The topological polar surface area (TPSA) is 97.8 Å². The number of benzene rings is 2. The Kier molecular flexibility index (Phi) is 8.64. The maximum absolute atomic E-state index is 14.0. The molecule has 2 aromatic carbocycles. The Hall–Kier alpha value is -3.85. The van der Waals surface area contributed by atoms with Gasteiger partial charge in [-0.1, -0.05) is 6.07 Å². The first-order chi connectivity index (χ1) is 16.4. The van der Waals surface area contributed by atoms with E-state index in [2.05, 4.69) is 10.3 Å². The number of ether oxygens (including phenoxy) is 2. The first-order valence-electron chi connectivity index (χ1n) is 10.6. The summed E-state index contributed by atoms with van der Waals surface area (Å²) in [7, 11) is 1.59. The number of carbonyl (C=O) groups excluding carboxylic acids is 1. The highest BCUT2D eigenvalue weighted by molar-refractivity contribution is 6.04. The summed E-state index contributed by atoms with van der Waals surface area (Å²) in [5.74, 6) is -2.25. The summed E-state index contributed by atoms with van der Waals surface area (Å²) in [5, 5.41) is 11.6. The van der Waals surface area contributed by atoms with Crippen molar-refractivity contribution in [1.82, 2.24) is 4.98 Å². The van der Waals surface area contributed by atoms with Gasteiger partial charge < -0.3 is 19.9 Å². The van der Waals surface area contributed by atoms with Gasteiger partial charge in [-0.25, -0.2) is 18.6 Å². The second-order valence-electron chi connectivity index (χ2n) is 7.45. The number of hydrogen-bond acceptors (Lipinski definition) is 5. The number of anilines is 1. The van der Waals surface area contributed by atoms with Gasteiger partial charge in [0.25, 0.3) is 5.91 Å². The summed E-state index contributed by atoms with van der Waals surface area (Å²) < 4.78 is 38.8. The molecule has 9 heteroatoms. The van der Waals surface area contributed by atoms with E-state index in [1.807, 2.05) is 0 Å². The molecule has 1 aromatic heterocycles. The molecule has 178 valence electrons. The lowest BCUT2D eigenvalue weighted by atomic mass is 10.0. The van der Waals surface area contributed by atoms with Gasteiger partial charge >= 0.3 is 5.97 Å². The third-order valence-corrected chi connectivity index (χ3v) is 4.97. The zero-order valence-electron chi connectivity index (χ0n) is 18.5. The van der Waals surface area contributed by atoms with Crippen LogP contribution >= 0.6 is 0 Å². The Bertz CT molecular complexity index is 1130. The third kappa shape index (κ3) is 6.82. The van der Waals surface area contributed by atoms with Crippen LogP contribution in [0.15, 0.2) is 54.7 Å². The van der Waals surface area contributed by atoms with Gasteiger partial charge in [0.05, 0.1) is 12.2 Å². The van der Waals surface area contributed by atoms with Crippen molar-refractivity contribution in [3.05, 3.63) is 88.6 Å². The fraction of sp³-hybridized carbons (Fsp3) is 0.240. The molecule has 0 bridgehead atoms. The second-order valence-corrected chi connectivity index (χ2v) is 7.45. The standard InChI is InChI=1S/C25H24F2N2O5/c1-33-10-3-11-34-19-13-16(6-8-20-21(26)4-2-5-22(20)27)12-18(14-19)24(30)29-23-9-7-17(15-28-23)25(31)32/h2,4-5,7,9,12-15H,3,6,8,10-11H2,1H3,(H,31,32)(H,28,29,30). The summed E-state index contributed by atoms with van der Waals surface area (Å²) in [5.41, 5.74) is 0.887. The van der Waals surface area contributed by atoms with E-state index in [0.717, 1.165) is 6.20 Å². The Morgan fingerprint density at radius 1 is 1.00 bits per heavy atom.